The summed E-state index contributed by atoms with van der Waals surface area (Å²) in [7, 11) is 0. The molecule has 3 nitrogen and oxygen atoms in total. The van der Waals surface area contributed by atoms with Crippen LogP contribution in [0.3, 0.4) is 0 Å². The predicted octanol–water partition coefficient (Wildman–Crippen LogP) is 4.45. The van der Waals surface area contributed by atoms with Crippen LogP contribution in [0.5, 0.6) is 0 Å². The quantitative estimate of drug-likeness (QED) is 0.773. The number of likely N-dealkylation sites (tertiary alicyclic amines) is 1. The maximum atomic E-state index is 14.6. The van der Waals surface area contributed by atoms with Crippen molar-refractivity contribution in [2.24, 2.45) is 5.92 Å². The number of nitrogens with zero attached hydrogens (tertiary/aromatic N) is 1. The van der Waals surface area contributed by atoms with Gasteiger partial charge >= 0.3 is 0 Å². The summed E-state index contributed by atoms with van der Waals surface area (Å²) >= 11 is 1.61. The Morgan fingerprint density at radius 3 is 2.78 bits per heavy atom. The summed E-state index contributed by atoms with van der Waals surface area (Å²) in [5.74, 6) is 0.134. The largest absolute Gasteiger partial charge is 0.341 e. The number of benzene rings is 2. The van der Waals surface area contributed by atoms with Crippen molar-refractivity contribution >= 4 is 17.9 Å². The number of carbonyl (C=O) groups excluding carboxylic acids is 1. The van der Waals surface area contributed by atoms with Gasteiger partial charge in [-0.05, 0) is 48.6 Å². The summed E-state index contributed by atoms with van der Waals surface area (Å²) in [6, 6.07) is 15.3. The van der Waals surface area contributed by atoms with Crippen LogP contribution in [0.4, 0.5) is 4.39 Å². The SMILES string of the molecule is CSNC1CCCN(C(=O)C2CC2c2cccc(F)c2-c2ccccc2)C1. The maximum absolute atomic E-state index is 14.6. The highest BCUT2D eigenvalue weighted by molar-refractivity contribution is 7.96. The van der Waals surface area contributed by atoms with Gasteiger partial charge in [0.15, 0.2) is 0 Å². The van der Waals surface area contributed by atoms with Gasteiger partial charge in [-0.2, -0.15) is 0 Å². The van der Waals surface area contributed by atoms with Crippen LogP contribution in [0.25, 0.3) is 11.1 Å². The molecule has 1 saturated heterocycles. The molecule has 2 fully saturated rings. The fourth-order valence-electron chi connectivity index (χ4n) is 4.25. The van der Waals surface area contributed by atoms with E-state index in [0.29, 0.717) is 11.6 Å². The second kappa shape index (κ2) is 8.03. The molecule has 1 heterocycles. The van der Waals surface area contributed by atoms with Crippen molar-refractivity contribution in [2.75, 3.05) is 19.3 Å². The Hall–Kier alpha value is -1.85. The number of hydrogen-bond acceptors (Lipinski definition) is 3. The van der Waals surface area contributed by atoms with Crippen molar-refractivity contribution in [1.82, 2.24) is 9.62 Å². The van der Waals surface area contributed by atoms with Gasteiger partial charge in [0.1, 0.15) is 5.82 Å². The number of rotatable bonds is 5. The predicted molar refractivity (Wildman–Crippen MR) is 109 cm³/mol. The Bertz CT molecular complexity index is 811. The number of halogens is 1. The van der Waals surface area contributed by atoms with Crippen molar-refractivity contribution in [3.8, 4) is 11.1 Å². The molecule has 0 bridgehead atoms. The smallest absolute Gasteiger partial charge is 0.226 e. The van der Waals surface area contributed by atoms with Crippen LogP contribution in [-0.4, -0.2) is 36.2 Å². The third-order valence-corrected chi connectivity index (χ3v) is 6.20. The summed E-state index contributed by atoms with van der Waals surface area (Å²) in [5, 5.41) is 0. The molecule has 5 heteroatoms. The minimum atomic E-state index is -0.209. The van der Waals surface area contributed by atoms with E-state index >= 15 is 0 Å². The van der Waals surface area contributed by atoms with E-state index in [1.807, 2.05) is 47.6 Å². The van der Waals surface area contributed by atoms with Crippen LogP contribution in [0.1, 0.15) is 30.7 Å². The molecule has 1 aliphatic carbocycles. The van der Waals surface area contributed by atoms with Gasteiger partial charge in [-0.25, -0.2) is 4.39 Å². The summed E-state index contributed by atoms with van der Waals surface area (Å²) in [5.41, 5.74) is 2.50. The molecule has 27 heavy (non-hydrogen) atoms. The number of amides is 1. The van der Waals surface area contributed by atoms with Crippen LogP contribution < -0.4 is 4.72 Å². The highest BCUT2D eigenvalue weighted by Gasteiger charge is 2.47. The highest BCUT2D eigenvalue weighted by Crippen LogP contribution is 2.51. The average molecular weight is 385 g/mol. The average Bonchev–Trinajstić information content (AvgIpc) is 3.49. The molecule has 0 aromatic heterocycles. The maximum Gasteiger partial charge on any atom is 0.226 e. The summed E-state index contributed by atoms with van der Waals surface area (Å²) in [6.07, 6.45) is 4.99. The zero-order valence-electron chi connectivity index (χ0n) is 15.5. The zero-order chi connectivity index (χ0) is 18.8. The number of carbonyl (C=O) groups is 1. The molecule has 2 aromatic rings. The van der Waals surface area contributed by atoms with E-state index in [0.717, 1.165) is 43.5 Å². The lowest BCUT2D eigenvalue weighted by molar-refractivity contribution is -0.133. The molecular formula is C22H25FN2OS. The van der Waals surface area contributed by atoms with Crippen molar-refractivity contribution in [3.63, 3.8) is 0 Å². The zero-order valence-corrected chi connectivity index (χ0v) is 16.3. The first kappa shape index (κ1) is 18.5. The van der Waals surface area contributed by atoms with Crippen LogP contribution in [0.15, 0.2) is 48.5 Å². The third-order valence-electron chi connectivity index (χ3n) is 5.63. The minimum Gasteiger partial charge on any atom is -0.341 e. The van der Waals surface area contributed by atoms with Crippen LogP contribution in [-0.2, 0) is 4.79 Å². The van der Waals surface area contributed by atoms with Crippen LogP contribution >= 0.6 is 11.9 Å². The van der Waals surface area contributed by atoms with Crippen LogP contribution in [0, 0.1) is 11.7 Å². The highest BCUT2D eigenvalue weighted by atomic mass is 32.2. The summed E-state index contributed by atoms with van der Waals surface area (Å²) in [4.78, 5) is 15.0. The topological polar surface area (TPSA) is 32.3 Å². The van der Waals surface area contributed by atoms with Gasteiger partial charge in [0.25, 0.3) is 0 Å². The third kappa shape index (κ3) is 3.90. The monoisotopic (exact) mass is 384 g/mol. The standard InChI is InChI=1S/C22H25FN2OS/c1-27-24-16-9-6-12-25(14-16)22(26)19-13-18(19)17-10-5-11-20(23)21(17)15-7-3-2-4-8-15/h2-5,7-8,10-11,16,18-19,24H,6,9,12-14H2,1H3. The van der Waals surface area contributed by atoms with E-state index in [4.69, 9.17) is 0 Å². The molecule has 1 amide bonds. The van der Waals surface area contributed by atoms with Crippen molar-refractivity contribution in [3.05, 3.63) is 59.9 Å². The lowest BCUT2D eigenvalue weighted by Gasteiger charge is -2.33. The molecule has 1 aliphatic heterocycles. The Morgan fingerprint density at radius 1 is 1.19 bits per heavy atom. The van der Waals surface area contributed by atoms with Gasteiger partial charge in [0.05, 0.1) is 0 Å². The number of piperidine rings is 1. The van der Waals surface area contributed by atoms with Crippen molar-refractivity contribution in [2.45, 2.75) is 31.2 Å². The molecule has 3 unspecified atom stereocenters. The second-order valence-electron chi connectivity index (χ2n) is 7.46. The second-order valence-corrected chi connectivity index (χ2v) is 8.11. The Balaban J connectivity index is 1.52. The molecule has 1 N–H and O–H groups in total. The fourth-order valence-corrected chi connectivity index (χ4v) is 4.77. The van der Waals surface area contributed by atoms with Gasteiger partial charge in [0, 0.05) is 30.6 Å². The van der Waals surface area contributed by atoms with Gasteiger partial charge in [0.2, 0.25) is 5.91 Å². The summed E-state index contributed by atoms with van der Waals surface area (Å²) in [6.45, 7) is 1.61. The summed E-state index contributed by atoms with van der Waals surface area (Å²) < 4.78 is 18.0. The Morgan fingerprint density at radius 2 is 2.00 bits per heavy atom. The van der Waals surface area contributed by atoms with E-state index in [1.165, 1.54) is 6.07 Å². The van der Waals surface area contributed by atoms with Crippen molar-refractivity contribution < 1.29 is 9.18 Å². The molecule has 1 saturated carbocycles. The first-order valence-electron chi connectivity index (χ1n) is 9.60. The molecule has 142 valence electrons. The minimum absolute atomic E-state index is 0.0118. The Labute approximate surface area is 164 Å². The Kier molecular flexibility index (Phi) is 5.50. The molecule has 0 radical (unpaired) electrons. The van der Waals surface area contributed by atoms with Gasteiger partial charge < -0.3 is 4.90 Å². The molecule has 4 rings (SSSR count). The first-order valence-corrected chi connectivity index (χ1v) is 10.8. The normalized spacial score (nSPS) is 24.7. The van der Waals surface area contributed by atoms with Gasteiger partial charge in [-0.1, -0.05) is 54.4 Å². The lowest BCUT2D eigenvalue weighted by Crippen LogP contribution is -2.46. The molecule has 2 aromatic carbocycles. The van der Waals surface area contributed by atoms with Gasteiger partial charge in [-0.15, -0.1) is 0 Å². The fraction of sp³-hybridized carbons (Fsp3) is 0.409. The molecule has 3 atom stereocenters. The van der Waals surface area contributed by atoms with E-state index in [1.54, 1.807) is 18.0 Å². The first-order chi connectivity index (χ1) is 13.2. The van der Waals surface area contributed by atoms with E-state index in [9.17, 15) is 9.18 Å². The number of nitrogens with one attached hydrogen (secondary N) is 1. The van der Waals surface area contributed by atoms with Crippen LogP contribution in [0.2, 0.25) is 0 Å². The van der Waals surface area contributed by atoms with E-state index in [-0.39, 0.29) is 23.6 Å². The molecule has 2 aliphatic rings. The van der Waals surface area contributed by atoms with Crippen molar-refractivity contribution in [1.29, 1.82) is 0 Å². The molecular weight excluding hydrogens is 359 g/mol. The van der Waals surface area contributed by atoms with E-state index in [2.05, 4.69) is 4.72 Å². The van der Waals surface area contributed by atoms with E-state index < -0.39 is 0 Å². The molecule has 0 spiro atoms. The van der Waals surface area contributed by atoms with Gasteiger partial charge in [-0.3, -0.25) is 9.52 Å². The number of hydrogen-bond donors (Lipinski definition) is 1. The lowest BCUT2D eigenvalue weighted by atomic mass is 9.95.